The summed E-state index contributed by atoms with van der Waals surface area (Å²) in [5.74, 6) is -0.787. The van der Waals surface area contributed by atoms with Crippen LogP contribution in [0.3, 0.4) is 0 Å². The van der Waals surface area contributed by atoms with E-state index in [0.29, 0.717) is 28.0 Å². The Labute approximate surface area is 158 Å². The molecule has 9 heteroatoms. The first kappa shape index (κ1) is 17.1. The first-order chi connectivity index (χ1) is 13.0. The van der Waals surface area contributed by atoms with E-state index >= 15 is 0 Å². The number of benzene rings is 2. The Morgan fingerprint density at radius 2 is 1.96 bits per heavy atom. The van der Waals surface area contributed by atoms with Crippen LogP contribution in [0.1, 0.15) is 10.4 Å². The fourth-order valence-electron chi connectivity index (χ4n) is 3.22. The molecule has 2 heterocycles. The van der Waals surface area contributed by atoms with Crippen molar-refractivity contribution in [3.05, 3.63) is 59.9 Å². The number of nitrogens with one attached hydrogen (secondary N) is 2. The number of nitrogens with zero attached hydrogens (tertiary/aromatic N) is 2. The molecule has 0 saturated heterocycles. The summed E-state index contributed by atoms with van der Waals surface area (Å²) in [5, 5.41) is 7.79. The quantitative estimate of drug-likeness (QED) is 0.502. The first-order valence-corrected chi connectivity index (χ1v) is 8.47. The van der Waals surface area contributed by atoms with E-state index in [4.69, 9.17) is 23.7 Å². The fourth-order valence-corrected chi connectivity index (χ4v) is 3.40. The van der Waals surface area contributed by atoms with Gasteiger partial charge in [0.05, 0.1) is 16.8 Å². The molecular weight excluding hydrogens is 367 g/mol. The molecule has 1 amide bonds. The molecule has 136 valence electrons. The van der Waals surface area contributed by atoms with Gasteiger partial charge in [0.15, 0.2) is 10.9 Å². The number of fused-ring (bicyclic) bond motifs is 1. The Morgan fingerprint density at radius 3 is 2.63 bits per heavy atom. The molecule has 0 radical (unpaired) electrons. The molecular formula is C18H15FN6OS. The highest BCUT2D eigenvalue weighted by Crippen LogP contribution is 2.34. The third-order valence-corrected chi connectivity index (χ3v) is 4.50. The van der Waals surface area contributed by atoms with Crippen LogP contribution in [0.25, 0.3) is 22.2 Å². The minimum atomic E-state index is -0.734. The van der Waals surface area contributed by atoms with Gasteiger partial charge in [-0.1, -0.05) is 30.3 Å². The lowest BCUT2D eigenvalue weighted by molar-refractivity contribution is 0.100. The van der Waals surface area contributed by atoms with Crippen LogP contribution in [0.2, 0.25) is 0 Å². The number of primary amides is 1. The van der Waals surface area contributed by atoms with Crippen LogP contribution in [0.15, 0.2) is 53.6 Å². The van der Waals surface area contributed by atoms with Gasteiger partial charge in [-0.15, -0.1) is 0 Å². The molecule has 0 saturated carbocycles. The van der Waals surface area contributed by atoms with E-state index in [1.165, 1.54) is 12.1 Å². The minimum absolute atomic E-state index is 0.193. The number of carbonyl (C=O) groups excluding carboxylic acids is 1. The Morgan fingerprint density at radius 1 is 1.22 bits per heavy atom. The summed E-state index contributed by atoms with van der Waals surface area (Å²) in [6.45, 7) is 0. The molecule has 1 aromatic heterocycles. The summed E-state index contributed by atoms with van der Waals surface area (Å²) in [4.78, 5) is 12.3. The second-order valence-corrected chi connectivity index (χ2v) is 6.39. The standard InChI is InChI=1S/C18H15FN6OS/c19-10-6-7-12-11(8-10)13(16(21)26)14(9-4-2-1-3-5-9)25(12)17-15(20)22-18(27)24-23-17/h1-8,15H,20H2,(H2,21,26)(H2,22,24,27). The van der Waals surface area contributed by atoms with Gasteiger partial charge in [-0.2, -0.15) is 5.10 Å². The molecule has 3 aromatic rings. The van der Waals surface area contributed by atoms with Crippen molar-refractivity contribution in [2.24, 2.45) is 16.6 Å². The molecule has 7 nitrogen and oxygen atoms in total. The van der Waals surface area contributed by atoms with Crippen molar-refractivity contribution in [2.75, 3.05) is 0 Å². The Kier molecular flexibility index (Phi) is 4.09. The van der Waals surface area contributed by atoms with Gasteiger partial charge < -0.3 is 16.8 Å². The lowest BCUT2D eigenvalue weighted by Gasteiger charge is -2.25. The number of nitrogens with two attached hydrogens (primary N) is 2. The summed E-state index contributed by atoms with van der Waals surface area (Å²) in [6, 6.07) is 13.3. The summed E-state index contributed by atoms with van der Waals surface area (Å²) in [6.07, 6.45) is -0.734. The summed E-state index contributed by atoms with van der Waals surface area (Å²) in [7, 11) is 0. The molecule has 2 aromatic carbocycles. The van der Waals surface area contributed by atoms with E-state index in [9.17, 15) is 9.18 Å². The van der Waals surface area contributed by atoms with Crippen molar-refractivity contribution in [3.63, 3.8) is 0 Å². The maximum atomic E-state index is 13.9. The number of carbonyl (C=O) groups is 1. The lowest BCUT2D eigenvalue weighted by Crippen LogP contribution is -2.56. The fraction of sp³-hybridized carbons (Fsp3) is 0.0556. The molecule has 1 atom stereocenters. The van der Waals surface area contributed by atoms with Crippen LogP contribution in [-0.2, 0) is 0 Å². The number of amides is 1. The van der Waals surface area contributed by atoms with Gasteiger partial charge >= 0.3 is 0 Å². The highest BCUT2D eigenvalue weighted by atomic mass is 32.1. The minimum Gasteiger partial charge on any atom is -0.366 e. The summed E-state index contributed by atoms with van der Waals surface area (Å²) in [5.41, 5.74) is 16.5. The number of thiocarbonyl (C=S) groups is 1. The molecule has 0 spiro atoms. The molecule has 1 aliphatic heterocycles. The van der Waals surface area contributed by atoms with E-state index in [-0.39, 0.29) is 10.7 Å². The number of hydrogen-bond donors (Lipinski definition) is 4. The van der Waals surface area contributed by atoms with Crippen LogP contribution in [0.5, 0.6) is 0 Å². The molecule has 4 rings (SSSR count). The van der Waals surface area contributed by atoms with Gasteiger partial charge in [0.25, 0.3) is 5.91 Å². The molecule has 0 aliphatic carbocycles. The maximum Gasteiger partial charge on any atom is 0.251 e. The van der Waals surface area contributed by atoms with Crippen LogP contribution in [-0.4, -0.2) is 27.6 Å². The number of hydrazone groups is 1. The van der Waals surface area contributed by atoms with E-state index < -0.39 is 17.9 Å². The van der Waals surface area contributed by atoms with Gasteiger partial charge in [-0.25, -0.2) is 4.39 Å². The Hall–Kier alpha value is -3.30. The second kappa shape index (κ2) is 6.45. The van der Waals surface area contributed by atoms with Crippen molar-refractivity contribution in [1.82, 2.24) is 15.3 Å². The maximum absolute atomic E-state index is 13.9. The average molecular weight is 382 g/mol. The second-order valence-electron chi connectivity index (χ2n) is 5.98. The van der Waals surface area contributed by atoms with Crippen molar-refractivity contribution in [1.29, 1.82) is 0 Å². The van der Waals surface area contributed by atoms with Crippen molar-refractivity contribution in [2.45, 2.75) is 6.17 Å². The van der Waals surface area contributed by atoms with Crippen molar-refractivity contribution >= 4 is 40.0 Å². The topological polar surface area (TPSA) is 110 Å². The van der Waals surface area contributed by atoms with E-state index in [0.717, 1.165) is 0 Å². The summed E-state index contributed by atoms with van der Waals surface area (Å²) >= 11 is 5.03. The van der Waals surface area contributed by atoms with Gasteiger partial charge in [-0.3, -0.25) is 14.8 Å². The third-order valence-electron chi connectivity index (χ3n) is 4.29. The van der Waals surface area contributed by atoms with Crippen molar-refractivity contribution < 1.29 is 9.18 Å². The third kappa shape index (κ3) is 2.82. The van der Waals surface area contributed by atoms with Crippen molar-refractivity contribution in [3.8, 4) is 11.3 Å². The molecule has 1 unspecified atom stereocenters. The highest BCUT2D eigenvalue weighted by Gasteiger charge is 2.29. The predicted octanol–water partition coefficient (Wildman–Crippen LogP) is 1.47. The van der Waals surface area contributed by atoms with Gasteiger partial charge in [0.1, 0.15) is 12.0 Å². The van der Waals surface area contributed by atoms with Gasteiger partial charge in [0.2, 0.25) is 0 Å². The SMILES string of the molecule is NC(=O)c1c(-c2ccccc2)n(C2=NNC(=S)NC2N)c2ccc(F)cc12. The first-order valence-electron chi connectivity index (χ1n) is 8.06. The zero-order valence-electron chi connectivity index (χ0n) is 13.9. The molecule has 1 aliphatic rings. The summed E-state index contributed by atoms with van der Waals surface area (Å²) < 4.78 is 15.6. The zero-order chi connectivity index (χ0) is 19.1. The van der Waals surface area contributed by atoms with Gasteiger partial charge in [0, 0.05) is 5.39 Å². The van der Waals surface area contributed by atoms with E-state index in [1.807, 2.05) is 30.3 Å². The average Bonchev–Trinajstić information content (AvgIpc) is 2.96. The largest absolute Gasteiger partial charge is 0.366 e. The number of rotatable bonds is 2. The predicted molar refractivity (Wildman–Crippen MR) is 106 cm³/mol. The van der Waals surface area contributed by atoms with E-state index in [2.05, 4.69) is 15.8 Å². The highest BCUT2D eigenvalue weighted by molar-refractivity contribution is 7.80. The van der Waals surface area contributed by atoms with Crippen LogP contribution in [0, 0.1) is 5.82 Å². The molecule has 6 N–H and O–H groups in total. The monoisotopic (exact) mass is 382 g/mol. The lowest BCUT2D eigenvalue weighted by atomic mass is 10.0. The van der Waals surface area contributed by atoms with Crippen LogP contribution >= 0.6 is 12.2 Å². The number of halogens is 1. The number of aromatic nitrogens is 1. The van der Waals surface area contributed by atoms with Crippen LogP contribution in [0.4, 0.5) is 4.39 Å². The Balaban J connectivity index is 2.14. The zero-order valence-corrected chi connectivity index (χ0v) is 14.8. The van der Waals surface area contributed by atoms with Crippen LogP contribution < -0.4 is 22.2 Å². The molecule has 27 heavy (non-hydrogen) atoms. The molecule has 0 fully saturated rings. The molecule has 0 bridgehead atoms. The smallest absolute Gasteiger partial charge is 0.251 e. The van der Waals surface area contributed by atoms with Gasteiger partial charge in [-0.05, 0) is 36.0 Å². The normalized spacial score (nSPS) is 16.6. The Bertz CT molecular complexity index is 1110. The van der Waals surface area contributed by atoms with E-state index in [1.54, 1.807) is 10.6 Å². The number of hydrogen-bond acceptors (Lipinski definition) is 4.